The molecular formula is C17H24N2O. The van der Waals surface area contributed by atoms with Crippen molar-refractivity contribution >= 4 is 0 Å². The Bertz CT molecular complexity index is 589. The van der Waals surface area contributed by atoms with Crippen molar-refractivity contribution in [2.45, 2.75) is 53.0 Å². The van der Waals surface area contributed by atoms with E-state index in [1.165, 1.54) is 5.56 Å². The molecule has 0 fully saturated rings. The van der Waals surface area contributed by atoms with E-state index >= 15 is 0 Å². The van der Waals surface area contributed by atoms with E-state index in [1.54, 1.807) is 0 Å². The van der Waals surface area contributed by atoms with Crippen molar-refractivity contribution in [3.05, 3.63) is 35.4 Å². The van der Waals surface area contributed by atoms with Gasteiger partial charge in [0.2, 0.25) is 5.88 Å². The number of rotatable bonds is 3. The fraction of sp³-hybridized carbons (Fsp3) is 0.471. The Kier molecular flexibility index (Phi) is 3.89. The van der Waals surface area contributed by atoms with E-state index in [-0.39, 0.29) is 11.3 Å². The Balaban J connectivity index is 2.67. The van der Waals surface area contributed by atoms with Gasteiger partial charge >= 0.3 is 0 Å². The molecule has 3 heteroatoms. The van der Waals surface area contributed by atoms with Crippen molar-refractivity contribution in [2.24, 2.45) is 0 Å². The van der Waals surface area contributed by atoms with Gasteiger partial charge in [0.1, 0.15) is 0 Å². The fourth-order valence-electron chi connectivity index (χ4n) is 2.52. The van der Waals surface area contributed by atoms with Crippen molar-refractivity contribution in [1.82, 2.24) is 9.78 Å². The molecule has 1 aromatic heterocycles. The molecule has 0 saturated heterocycles. The van der Waals surface area contributed by atoms with Crippen LogP contribution in [0.4, 0.5) is 0 Å². The smallest absolute Gasteiger partial charge is 0.234 e. The standard InChI is InChI=1S/C17H24N2O/c1-6-11-19-15(13-9-7-12(2)8-10-13)14(16(20)18-19)17(3,4)5/h7-10H,6,11H2,1-5H3,(H,18,20). The second-order valence-electron chi connectivity index (χ2n) is 6.39. The molecule has 0 saturated carbocycles. The summed E-state index contributed by atoms with van der Waals surface area (Å²) < 4.78 is 1.93. The molecular weight excluding hydrogens is 248 g/mol. The molecule has 1 N–H and O–H groups in total. The average Bonchev–Trinajstić information content (AvgIpc) is 2.67. The topological polar surface area (TPSA) is 38.0 Å². The fourth-order valence-corrected chi connectivity index (χ4v) is 2.52. The Morgan fingerprint density at radius 1 is 1.15 bits per heavy atom. The van der Waals surface area contributed by atoms with Crippen LogP contribution in [0, 0.1) is 6.92 Å². The van der Waals surface area contributed by atoms with Crippen LogP contribution < -0.4 is 0 Å². The Labute approximate surface area is 121 Å². The van der Waals surface area contributed by atoms with E-state index in [0.717, 1.165) is 29.8 Å². The van der Waals surface area contributed by atoms with Crippen LogP contribution in [0.25, 0.3) is 11.3 Å². The van der Waals surface area contributed by atoms with Gasteiger partial charge in [0.25, 0.3) is 0 Å². The molecule has 0 aliphatic rings. The maximum atomic E-state index is 10.3. The largest absolute Gasteiger partial charge is 0.492 e. The SMILES string of the molecule is CCCn1nc(O)c(C(C)(C)C)c1-c1ccc(C)cc1. The lowest BCUT2D eigenvalue weighted by molar-refractivity contribution is 0.420. The summed E-state index contributed by atoms with van der Waals surface area (Å²) in [4.78, 5) is 0. The second kappa shape index (κ2) is 5.31. The Hall–Kier alpha value is -1.77. The van der Waals surface area contributed by atoms with Crippen LogP contribution in [0.3, 0.4) is 0 Å². The van der Waals surface area contributed by atoms with E-state index in [1.807, 2.05) is 4.68 Å². The van der Waals surface area contributed by atoms with E-state index in [4.69, 9.17) is 0 Å². The minimum atomic E-state index is -0.143. The number of benzene rings is 1. The first-order valence-electron chi connectivity index (χ1n) is 7.22. The van der Waals surface area contributed by atoms with E-state index < -0.39 is 0 Å². The number of aromatic hydroxyl groups is 1. The zero-order valence-electron chi connectivity index (χ0n) is 13.1. The summed E-state index contributed by atoms with van der Waals surface area (Å²) in [6.07, 6.45) is 0.990. The first-order chi connectivity index (χ1) is 9.34. The van der Waals surface area contributed by atoms with Crippen molar-refractivity contribution in [3.8, 4) is 17.1 Å². The summed E-state index contributed by atoms with van der Waals surface area (Å²) in [5.74, 6) is 0.154. The van der Waals surface area contributed by atoms with Gasteiger partial charge in [-0.3, -0.25) is 4.68 Å². The molecule has 0 aliphatic heterocycles. The molecule has 1 aromatic carbocycles. The van der Waals surface area contributed by atoms with Gasteiger partial charge in [-0.1, -0.05) is 57.5 Å². The molecule has 0 unspecified atom stereocenters. The van der Waals surface area contributed by atoms with Gasteiger partial charge in [-0.2, -0.15) is 0 Å². The highest BCUT2D eigenvalue weighted by atomic mass is 16.3. The van der Waals surface area contributed by atoms with Crippen molar-refractivity contribution in [1.29, 1.82) is 0 Å². The molecule has 0 spiro atoms. The summed E-state index contributed by atoms with van der Waals surface area (Å²) in [7, 11) is 0. The molecule has 20 heavy (non-hydrogen) atoms. The lowest BCUT2D eigenvalue weighted by Gasteiger charge is -2.20. The zero-order chi connectivity index (χ0) is 14.9. The average molecular weight is 272 g/mol. The lowest BCUT2D eigenvalue weighted by atomic mass is 9.85. The summed E-state index contributed by atoms with van der Waals surface area (Å²) in [5, 5.41) is 14.6. The molecule has 3 nitrogen and oxygen atoms in total. The molecule has 0 radical (unpaired) electrons. The second-order valence-corrected chi connectivity index (χ2v) is 6.39. The molecule has 2 aromatic rings. The summed E-state index contributed by atoms with van der Waals surface area (Å²) in [5.41, 5.74) is 4.17. The highest BCUT2D eigenvalue weighted by molar-refractivity contribution is 5.67. The molecule has 0 atom stereocenters. The van der Waals surface area contributed by atoms with Crippen molar-refractivity contribution < 1.29 is 5.11 Å². The van der Waals surface area contributed by atoms with Gasteiger partial charge in [-0.05, 0) is 18.8 Å². The molecule has 108 valence electrons. The van der Waals surface area contributed by atoms with Gasteiger partial charge < -0.3 is 5.11 Å². The lowest BCUT2D eigenvalue weighted by Crippen LogP contribution is -2.13. The summed E-state index contributed by atoms with van der Waals surface area (Å²) >= 11 is 0. The van der Waals surface area contributed by atoms with Crippen LogP contribution in [-0.2, 0) is 12.0 Å². The van der Waals surface area contributed by atoms with Crippen molar-refractivity contribution in [2.75, 3.05) is 0 Å². The Morgan fingerprint density at radius 2 is 1.75 bits per heavy atom. The number of aromatic nitrogens is 2. The third kappa shape index (κ3) is 2.72. The monoisotopic (exact) mass is 272 g/mol. The molecule has 2 rings (SSSR count). The molecule has 0 amide bonds. The van der Waals surface area contributed by atoms with Crippen molar-refractivity contribution in [3.63, 3.8) is 0 Å². The quantitative estimate of drug-likeness (QED) is 0.906. The van der Waals surface area contributed by atoms with Crippen LogP contribution >= 0.6 is 0 Å². The molecule has 0 bridgehead atoms. The van der Waals surface area contributed by atoms with Crippen LogP contribution in [-0.4, -0.2) is 14.9 Å². The maximum absolute atomic E-state index is 10.3. The normalized spacial score (nSPS) is 11.8. The molecule has 1 heterocycles. The van der Waals surface area contributed by atoms with Crippen LogP contribution in [0.2, 0.25) is 0 Å². The van der Waals surface area contributed by atoms with Gasteiger partial charge in [0, 0.05) is 17.7 Å². The predicted octanol–water partition coefficient (Wildman–Crippen LogP) is 4.27. The number of hydrogen-bond donors (Lipinski definition) is 1. The minimum Gasteiger partial charge on any atom is -0.492 e. The summed E-state index contributed by atoms with van der Waals surface area (Å²) in [6.45, 7) is 11.3. The van der Waals surface area contributed by atoms with Gasteiger partial charge in [0.05, 0.1) is 5.69 Å². The van der Waals surface area contributed by atoms with E-state index in [9.17, 15) is 5.11 Å². The van der Waals surface area contributed by atoms with Gasteiger partial charge in [-0.25, -0.2) is 0 Å². The first kappa shape index (κ1) is 14.6. The van der Waals surface area contributed by atoms with Crippen LogP contribution in [0.1, 0.15) is 45.2 Å². The number of hydrogen-bond acceptors (Lipinski definition) is 2. The maximum Gasteiger partial charge on any atom is 0.234 e. The minimum absolute atomic E-state index is 0.143. The van der Waals surface area contributed by atoms with E-state index in [2.05, 4.69) is 64.0 Å². The highest BCUT2D eigenvalue weighted by Crippen LogP contribution is 2.39. The van der Waals surface area contributed by atoms with E-state index in [0.29, 0.717) is 0 Å². The number of aryl methyl sites for hydroxylation is 2. The van der Waals surface area contributed by atoms with Crippen LogP contribution in [0.5, 0.6) is 5.88 Å². The highest BCUT2D eigenvalue weighted by Gasteiger charge is 2.28. The van der Waals surface area contributed by atoms with Gasteiger partial charge in [-0.15, -0.1) is 5.10 Å². The van der Waals surface area contributed by atoms with Crippen LogP contribution in [0.15, 0.2) is 24.3 Å². The third-order valence-electron chi connectivity index (χ3n) is 3.44. The van der Waals surface area contributed by atoms with Gasteiger partial charge in [0.15, 0.2) is 0 Å². The zero-order valence-corrected chi connectivity index (χ0v) is 13.1. The number of nitrogens with zero attached hydrogens (tertiary/aromatic N) is 2. The third-order valence-corrected chi connectivity index (χ3v) is 3.44. The molecule has 0 aliphatic carbocycles. The first-order valence-corrected chi connectivity index (χ1v) is 7.22. The predicted molar refractivity (Wildman–Crippen MR) is 83.1 cm³/mol. The summed E-state index contributed by atoms with van der Waals surface area (Å²) in [6, 6.07) is 8.41. The Morgan fingerprint density at radius 3 is 2.25 bits per heavy atom.